The summed E-state index contributed by atoms with van der Waals surface area (Å²) in [7, 11) is 0. The fourth-order valence-electron chi connectivity index (χ4n) is 1.26. The fourth-order valence-corrected chi connectivity index (χ4v) is 1.47. The molecule has 2 aromatic rings. The molecule has 1 aromatic heterocycles. The van der Waals surface area contributed by atoms with Crippen LogP contribution in [0.15, 0.2) is 42.6 Å². The lowest BCUT2D eigenvalue weighted by Crippen LogP contribution is -1.82. The van der Waals surface area contributed by atoms with Crippen LogP contribution in [0.25, 0.3) is 11.1 Å². The van der Waals surface area contributed by atoms with Crippen molar-refractivity contribution < 1.29 is 5.11 Å². The van der Waals surface area contributed by atoms with Gasteiger partial charge in [0.2, 0.25) is 0 Å². The second-order valence-corrected chi connectivity index (χ2v) is 3.26. The molecule has 0 fully saturated rings. The highest BCUT2D eigenvalue weighted by atomic mass is 35.5. The molecule has 0 bridgehead atoms. The molecule has 3 heteroatoms. The highest BCUT2D eigenvalue weighted by Crippen LogP contribution is 2.28. The Hall–Kier alpha value is -1.54. The Balaban J connectivity index is 2.57. The van der Waals surface area contributed by atoms with Gasteiger partial charge in [0.25, 0.3) is 0 Å². The molecule has 0 atom stereocenters. The van der Waals surface area contributed by atoms with Crippen LogP contribution in [0.3, 0.4) is 0 Å². The van der Waals surface area contributed by atoms with Gasteiger partial charge in [0.05, 0.1) is 6.20 Å². The summed E-state index contributed by atoms with van der Waals surface area (Å²) >= 11 is 5.91. The van der Waals surface area contributed by atoms with Gasteiger partial charge in [-0.05, 0) is 11.6 Å². The van der Waals surface area contributed by atoms with Crippen molar-refractivity contribution in [2.24, 2.45) is 0 Å². The molecule has 2 nitrogen and oxygen atoms in total. The molecular formula is C11H8ClNO. The number of aromatic nitrogens is 1. The number of benzene rings is 1. The number of halogens is 1. The van der Waals surface area contributed by atoms with E-state index in [9.17, 15) is 5.11 Å². The van der Waals surface area contributed by atoms with E-state index in [0.717, 1.165) is 11.1 Å². The van der Waals surface area contributed by atoms with Crippen LogP contribution in [0.1, 0.15) is 0 Å². The van der Waals surface area contributed by atoms with Crippen LogP contribution >= 0.6 is 11.6 Å². The first-order valence-electron chi connectivity index (χ1n) is 4.17. The van der Waals surface area contributed by atoms with Crippen molar-refractivity contribution in [3.8, 4) is 16.9 Å². The van der Waals surface area contributed by atoms with E-state index in [2.05, 4.69) is 4.98 Å². The van der Waals surface area contributed by atoms with Gasteiger partial charge in [-0.25, -0.2) is 4.98 Å². The van der Waals surface area contributed by atoms with E-state index in [1.54, 1.807) is 6.07 Å². The molecule has 0 amide bonds. The predicted octanol–water partition coefficient (Wildman–Crippen LogP) is 3.11. The normalized spacial score (nSPS) is 10.1. The maximum Gasteiger partial charge on any atom is 0.137 e. The Morgan fingerprint density at radius 3 is 2.57 bits per heavy atom. The van der Waals surface area contributed by atoms with Gasteiger partial charge in [-0.1, -0.05) is 41.9 Å². The highest BCUT2D eigenvalue weighted by molar-refractivity contribution is 6.32. The largest absolute Gasteiger partial charge is 0.506 e. The molecule has 0 radical (unpaired) electrons. The third-order valence-electron chi connectivity index (χ3n) is 1.91. The van der Waals surface area contributed by atoms with Gasteiger partial charge in [-0.3, -0.25) is 0 Å². The van der Waals surface area contributed by atoms with Crippen LogP contribution in [-0.4, -0.2) is 10.1 Å². The van der Waals surface area contributed by atoms with Gasteiger partial charge in [-0.15, -0.1) is 0 Å². The summed E-state index contributed by atoms with van der Waals surface area (Å²) in [6, 6.07) is 11.2. The molecular weight excluding hydrogens is 198 g/mol. The zero-order chi connectivity index (χ0) is 9.97. The lowest BCUT2D eigenvalue weighted by Gasteiger charge is -2.03. The van der Waals surface area contributed by atoms with Gasteiger partial charge < -0.3 is 5.11 Å². The summed E-state index contributed by atoms with van der Waals surface area (Å²) in [4.78, 5) is 3.87. The quantitative estimate of drug-likeness (QED) is 0.726. The first-order chi connectivity index (χ1) is 6.77. The van der Waals surface area contributed by atoms with Gasteiger partial charge >= 0.3 is 0 Å². The van der Waals surface area contributed by atoms with E-state index in [-0.39, 0.29) is 5.75 Å². The Bertz CT molecular complexity index is 442. The van der Waals surface area contributed by atoms with Crippen molar-refractivity contribution in [3.05, 3.63) is 47.7 Å². The topological polar surface area (TPSA) is 33.1 Å². The first kappa shape index (κ1) is 9.03. The molecule has 0 saturated carbocycles. The number of hydrogen-bond acceptors (Lipinski definition) is 2. The lowest BCUT2D eigenvalue weighted by atomic mass is 10.1. The average Bonchev–Trinajstić information content (AvgIpc) is 2.23. The van der Waals surface area contributed by atoms with Crippen molar-refractivity contribution >= 4 is 11.6 Å². The van der Waals surface area contributed by atoms with Crippen LogP contribution < -0.4 is 0 Å². The average molecular weight is 206 g/mol. The van der Waals surface area contributed by atoms with E-state index >= 15 is 0 Å². The minimum absolute atomic E-state index is 0.119. The minimum Gasteiger partial charge on any atom is -0.506 e. The second kappa shape index (κ2) is 3.68. The van der Waals surface area contributed by atoms with Crippen molar-refractivity contribution in [1.82, 2.24) is 4.98 Å². The SMILES string of the molecule is Oc1cnc(Cl)c(-c2ccccc2)c1. The first-order valence-corrected chi connectivity index (χ1v) is 4.55. The van der Waals surface area contributed by atoms with Gasteiger partial charge in [0.1, 0.15) is 10.9 Å². The van der Waals surface area contributed by atoms with Crippen molar-refractivity contribution in [2.45, 2.75) is 0 Å². The summed E-state index contributed by atoms with van der Waals surface area (Å²) in [5.41, 5.74) is 1.69. The standard InChI is InChI=1S/C11H8ClNO/c12-11-10(6-9(14)7-13-11)8-4-2-1-3-5-8/h1-7,14H. The summed E-state index contributed by atoms with van der Waals surface area (Å²) in [6.07, 6.45) is 1.33. The molecule has 2 rings (SSSR count). The number of hydrogen-bond donors (Lipinski definition) is 1. The zero-order valence-electron chi connectivity index (χ0n) is 7.31. The minimum atomic E-state index is 0.119. The molecule has 1 N–H and O–H groups in total. The summed E-state index contributed by atoms with van der Waals surface area (Å²) in [5.74, 6) is 0.119. The Morgan fingerprint density at radius 1 is 1.14 bits per heavy atom. The fraction of sp³-hybridized carbons (Fsp3) is 0. The summed E-state index contributed by atoms with van der Waals surface area (Å²) in [6.45, 7) is 0. The molecule has 1 heterocycles. The Labute approximate surface area is 86.8 Å². The van der Waals surface area contributed by atoms with Crippen LogP contribution in [-0.2, 0) is 0 Å². The zero-order valence-corrected chi connectivity index (χ0v) is 8.07. The lowest BCUT2D eigenvalue weighted by molar-refractivity contribution is 0.473. The molecule has 1 aromatic carbocycles. The van der Waals surface area contributed by atoms with Gasteiger partial charge in [0, 0.05) is 5.56 Å². The Kier molecular flexibility index (Phi) is 2.37. The van der Waals surface area contributed by atoms with Crippen LogP contribution in [0, 0.1) is 0 Å². The molecule has 14 heavy (non-hydrogen) atoms. The number of pyridine rings is 1. The monoisotopic (exact) mass is 205 g/mol. The van der Waals surface area contributed by atoms with E-state index in [0.29, 0.717) is 5.15 Å². The molecule has 0 aliphatic heterocycles. The van der Waals surface area contributed by atoms with Crippen molar-refractivity contribution in [3.63, 3.8) is 0 Å². The van der Waals surface area contributed by atoms with Gasteiger partial charge in [-0.2, -0.15) is 0 Å². The third-order valence-corrected chi connectivity index (χ3v) is 2.21. The maximum absolute atomic E-state index is 9.28. The van der Waals surface area contributed by atoms with E-state index in [4.69, 9.17) is 11.6 Å². The highest BCUT2D eigenvalue weighted by Gasteiger charge is 2.04. The maximum atomic E-state index is 9.28. The molecule has 0 saturated heterocycles. The van der Waals surface area contributed by atoms with Gasteiger partial charge in [0.15, 0.2) is 0 Å². The predicted molar refractivity (Wildman–Crippen MR) is 56.3 cm³/mol. The smallest absolute Gasteiger partial charge is 0.137 e. The number of nitrogens with zero attached hydrogens (tertiary/aromatic N) is 1. The number of rotatable bonds is 1. The van der Waals surface area contributed by atoms with Crippen molar-refractivity contribution in [2.75, 3.05) is 0 Å². The van der Waals surface area contributed by atoms with Crippen LogP contribution in [0.4, 0.5) is 0 Å². The third kappa shape index (κ3) is 1.70. The Morgan fingerprint density at radius 2 is 1.86 bits per heavy atom. The summed E-state index contributed by atoms with van der Waals surface area (Å²) < 4.78 is 0. The molecule has 0 unspecified atom stereocenters. The molecule has 0 spiro atoms. The second-order valence-electron chi connectivity index (χ2n) is 2.90. The van der Waals surface area contributed by atoms with E-state index in [1.165, 1.54) is 6.20 Å². The van der Waals surface area contributed by atoms with Crippen LogP contribution in [0.2, 0.25) is 5.15 Å². The van der Waals surface area contributed by atoms with E-state index < -0.39 is 0 Å². The molecule has 70 valence electrons. The molecule has 0 aliphatic rings. The van der Waals surface area contributed by atoms with E-state index in [1.807, 2.05) is 30.3 Å². The number of aromatic hydroxyl groups is 1. The van der Waals surface area contributed by atoms with Crippen LogP contribution in [0.5, 0.6) is 5.75 Å². The van der Waals surface area contributed by atoms with Crippen molar-refractivity contribution in [1.29, 1.82) is 0 Å². The summed E-state index contributed by atoms with van der Waals surface area (Å²) in [5, 5.41) is 9.67. The molecule has 0 aliphatic carbocycles.